The van der Waals surface area contributed by atoms with E-state index in [1.54, 1.807) is 0 Å². The van der Waals surface area contributed by atoms with Gasteiger partial charge in [0.05, 0.1) is 0 Å². The molecule has 134 valence electrons. The smallest absolute Gasteiger partial charge is 0.0434 e. The molecule has 2 fully saturated rings. The van der Waals surface area contributed by atoms with E-state index in [-0.39, 0.29) is 0 Å². The first-order valence-electron chi connectivity index (χ1n) is 10.7. The van der Waals surface area contributed by atoms with Crippen LogP contribution in [-0.2, 0) is 6.42 Å². The van der Waals surface area contributed by atoms with Crippen LogP contribution < -0.4 is 0 Å². The van der Waals surface area contributed by atoms with Crippen molar-refractivity contribution in [2.45, 2.75) is 96.8 Å². The molecule has 24 heavy (non-hydrogen) atoms. The number of nitrogens with zero attached hydrogens (tertiary/aromatic N) is 1. The molecule has 1 aromatic heterocycles. The summed E-state index contributed by atoms with van der Waals surface area (Å²) in [4.78, 5) is 4.81. The van der Waals surface area contributed by atoms with Crippen LogP contribution in [0.15, 0.2) is 18.3 Å². The number of hydrogen-bond acceptors (Lipinski definition) is 1. The van der Waals surface area contributed by atoms with E-state index in [1.807, 2.05) is 0 Å². The molecule has 0 radical (unpaired) electrons. The van der Waals surface area contributed by atoms with Gasteiger partial charge in [0.2, 0.25) is 0 Å². The predicted octanol–water partition coefficient (Wildman–Crippen LogP) is 6.91. The van der Waals surface area contributed by atoms with Crippen LogP contribution in [0.3, 0.4) is 0 Å². The molecule has 0 spiro atoms. The SMILES string of the molecule is CCCCc1ccc(C2CCC(C3CCC(CC)CC3)CC2)nc1. The average molecular weight is 328 g/mol. The van der Waals surface area contributed by atoms with E-state index in [4.69, 9.17) is 4.98 Å². The molecule has 1 heterocycles. The highest BCUT2D eigenvalue weighted by molar-refractivity contribution is 5.17. The van der Waals surface area contributed by atoms with Crippen molar-refractivity contribution in [2.24, 2.45) is 17.8 Å². The van der Waals surface area contributed by atoms with Gasteiger partial charge in [-0.05, 0) is 80.8 Å². The molecule has 0 N–H and O–H groups in total. The van der Waals surface area contributed by atoms with E-state index >= 15 is 0 Å². The van der Waals surface area contributed by atoms with Gasteiger partial charge in [-0.1, -0.05) is 45.6 Å². The average Bonchev–Trinajstić information content (AvgIpc) is 2.67. The van der Waals surface area contributed by atoms with Gasteiger partial charge in [-0.3, -0.25) is 4.98 Å². The number of pyridine rings is 1. The van der Waals surface area contributed by atoms with E-state index in [9.17, 15) is 0 Å². The molecule has 0 aromatic carbocycles. The van der Waals surface area contributed by atoms with Crippen molar-refractivity contribution in [3.05, 3.63) is 29.6 Å². The van der Waals surface area contributed by atoms with E-state index in [1.165, 1.54) is 88.3 Å². The number of aromatic nitrogens is 1. The van der Waals surface area contributed by atoms with E-state index in [2.05, 4.69) is 32.2 Å². The minimum atomic E-state index is 0.730. The molecule has 2 saturated carbocycles. The lowest BCUT2D eigenvalue weighted by molar-refractivity contribution is 0.158. The molecular weight excluding hydrogens is 290 g/mol. The highest BCUT2D eigenvalue weighted by Gasteiger charge is 2.31. The zero-order valence-electron chi connectivity index (χ0n) is 16.0. The third kappa shape index (κ3) is 4.61. The van der Waals surface area contributed by atoms with Crippen molar-refractivity contribution in [1.82, 2.24) is 4.98 Å². The van der Waals surface area contributed by atoms with Crippen molar-refractivity contribution >= 4 is 0 Å². The van der Waals surface area contributed by atoms with Crippen LogP contribution in [0, 0.1) is 17.8 Å². The van der Waals surface area contributed by atoms with Gasteiger partial charge in [0.15, 0.2) is 0 Å². The van der Waals surface area contributed by atoms with Gasteiger partial charge in [-0.15, -0.1) is 0 Å². The Balaban J connectivity index is 1.46. The Kier molecular flexibility index (Phi) is 6.75. The summed E-state index contributed by atoms with van der Waals surface area (Å²) in [6.07, 6.45) is 19.0. The van der Waals surface area contributed by atoms with Crippen LogP contribution in [0.25, 0.3) is 0 Å². The van der Waals surface area contributed by atoms with Gasteiger partial charge in [-0.2, -0.15) is 0 Å². The third-order valence-electron chi connectivity index (χ3n) is 6.99. The molecule has 3 rings (SSSR count). The largest absolute Gasteiger partial charge is 0.261 e. The summed E-state index contributed by atoms with van der Waals surface area (Å²) in [7, 11) is 0. The van der Waals surface area contributed by atoms with Crippen molar-refractivity contribution in [2.75, 3.05) is 0 Å². The second-order valence-electron chi connectivity index (χ2n) is 8.50. The Morgan fingerprint density at radius 3 is 2.08 bits per heavy atom. The molecule has 2 aliphatic carbocycles. The first-order valence-corrected chi connectivity index (χ1v) is 10.7. The van der Waals surface area contributed by atoms with E-state index < -0.39 is 0 Å². The molecule has 2 aliphatic rings. The number of unbranched alkanes of at least 4 members (excludes halogenated alkanes) is 1. The minimum Gasteiger partial charge on any atom is -0.261 e. The molecule has 0 unspecified atom stereocenters. The number of rotatable bonds is 6. The van der Waals surface area contributed by atoms with Gasteiger partial charge in [0.25, 0.3) is 0 Å². The van der Waals surface area contributed by atoms with Crippen molar-refractivity contribution in [3.8, 4) is 0 Å². The molecule has 1 nitrogen and oxygen atoms in total. The summed E-state index contributed by atoms with van der Waals surface area (Å²) in [5, 5.41) is 0. The maximum Gasteiger partial charge on any atom is 0.0434 e. The topological polar surface area (TPSA) is 12.9 Å². The molecule has 1 heteroatoms. The summed E-state index contributed by atoms with van der Waals surface area (Å²) in [6, 6.07) is 4.65. The van der Waals surface area contributed by atoms with Crippen LogP contribution in [0.1, 0.15) is 102 Å². The molecular formula is C23H37N. The first-order chi connectivity index (χ1) is 11.8. The van der Waals surface area contributed by atoms with Crippen molar-refractivity contribution < 1.29 is 0 Å². The van der Waals surface area contributed by atoms with Gasteiger partial charge in [0, 0.05) is 17.8 Å². The van der Waals surface area contributed by atoms with E-state index in [0.29, 0.717) is 0 Å². The van der Waals surface area contributed by atoms with Crippen LogP contribution >= 0.6 is 0 Å². The standard InChI is InChI=1S/C23H37N/c1-3-5-6-19-9-16-23(24-17-19)22-14-12-21(13-15-22)20-10-7-18(4-2)8-11-20/h9,16-18,20-22H,3-8,10-15H2,1-2H3. The lowest BCUT2D eigenvalue weighted by atomic mass is 9.68. The zero-order valence-corrected chi connectivity index (χ0v) is 16.0. The fraction of sp³-hybridized carbons (Fsp3) is 0.783. The fourth-order valence-electron chi connectivity index (χ4n) is 5.16. The maximum absolute atomic E-state index is 4.81. The summed E-state index contributed by atoms with van der Waals surface area (Å²) >= 11 is 0. The van der Waals surface area contributed by atoms with Gasteiger partial charge in [0.1, 0.15) is 0 Å². The first kappa shape index (κ1) is 18.0. The fourth-order valence-corrected chi connectivity index (χ4v) is 5.16. The Morgan fingerprint density at radius 1 is 0.875 bits per heavy atom. The molecule has 1 aromatic rings. The zero-order chi connectivity index (χ0) is 16.8. The van der Waals surface area contributed by atoms with Crippen LogP contribution in [0.5, 0.6) is 0 Å². The predicted molar refractivity (Wildman–Crippen MR) is 103 cm³/mol. The molecule has 0 aliphatic heterocycles. The van der Waals surface area contributed by atoms with Crippen LogP contribution in [-0.4, -0.2) is 4.98 Å². The minimum absolute atomic E-state index is 0.730. The Morgan fingerprint density at radius 2 is 1.54 bits per heavy atom. The summed E-state index contributed by atoms with van der Waals surface area (Å²) in [5.41, 5.74) is 2.78. The van der Waals surface area contributed by atoms with Crippen molar-refractivity contribution in [1.29, 1.82) is 0 Å². The molecule has 0 bridgehead atoms. The van der Waals surface area contributed by atoms with Crippen LogP contribution in [0.2, 0.25) is 0 Å². The van der Waals surface area contributed by atoms with Crippen molar-refractivity contribution in [3.63, 3.8) is 0 Å². The highest BCUT2D eigenvalue weighted by Crippen LogP contribution is 2.43. The molecule has 0 amide bonds. The van der Waals surface area contributed by atoms with E-state index in [0.717, 1.165) is 23.7 Å². The Labute approximate surface area is 149 Å². The Bertz CT molecular complexity index is 461. The lowest BCUT2D eigenvalue weighted by Gasteiger charge is -2.37. The van der Waals surface area contributed by atoms with Crippen LogP contribution in [0.4, 0.5) is 0 Å². The number of aryl methyl sites for hydroxylation is 1. The summed E-state index contributed by atoms with van der Waals surface area (Å²) in [5.74, 6) is 3.82. The highest BCUT2D eigenvalue weighted by atomic mass is 14.7. The summed E-state index contributed by atoms with van der Waals surface area (Å²) < 4.78 is 0. The normalized spacial score (nSPS) is 31.1. The molecule has 0 atom stereocenters. The third-order valence-corrected chi connectivity index (χ3v) is 6.99. The lowest BCUT2D eigenvalue weighted by Crippen LogP contribution is -2.25. The van der Waals surface area contributed by atoms with Gasteiger partial charge in [-0.25, -0.2) is 0 Å². The second kappa shape index (κ2) is 9.02. The van der Waals surface area contributed by atoms with Gasteiger partial charge >= 0.3 is 0 Å². The number of hydrogen-bond donors (Lipinski definition) is 0. The summed E-state index contributed by atoms with van der Waals surface area (Å²) in [6.45, 7) is 4.63. The van der Waals surface area contributed by atoms with Gasteiger partial charge < -0.3 is 0 Å². The Hall–Kier alpha value is -0.850. The monoisotopic (exact) mass is 327 g/mol. The quantitative estimate of drug-likeness (QED) is 0.553. The second-order valence-corrected chi connectivity index (χ2v) is 8.50. The molecule has 0 saturated heterocycles. The maximum atomic E-state index is 4.81.